The molecule has 0 saturated carbocycles. The van der Waals surface area contributed by atoms with Gasteiger partial charge in [0.2, 0.25) is 5.96 Å². The van der Waals surface area contributed by atoms with Gasteiger partial charge in [0.1, 0.15) is 0 Å². The van der Waals surface area contributed by atoms with Crippen LogP contribution < -0.4 is 33.4 Å². The number of rotatable bonds is 6. The van der Waals surface area contributed by atoms with Crippen LogP contribution in [0, 0.1) is 0 Å². The van der Waals surface area contributed by atoms with E-state index in [2.05, 4.69) is 20.7 Å². The molecular formula is C17H21N9+2. The van der Waals surface area contributed by atoms with Crippen LogP contribution in [0.2, 0.25) is 0 Å². The molecule has 2 rings (SSSR count). The molecule has 0 bridgehead atoms. The first-order chi connectivity index (χ1) is 12.5. The SMILES string of the molecule is NC(=[NH2+])c1cccc(/C=N/N=C(\N)N/N=C/c2cccc(C(N)=[NH2+])c2)c1. The van der Waals surface area contributed by atoms with Gasteiger partial charge in [-0.15, -0.1) is 5.10 Å². The molecule has 0 aromatic heterocycles. The number of hydrogen-bond acceptors (Lipinski definition) is 3. The van der Waals surface area contributed by atoms with Crippen molar-refractivity contribution in [1.29, 1.82) is 0 Å². The highest BCUT2D eigenvalue weighted by Crippen LogP contribution is 2.02. The largest absolute Gasteiger partial charge is 0.367 e. The summed E-state index contributed by atoms with van der Waals surface area (Å²) in [6.07, 6.45) is 3.08. The highest BCUT2D eigenvalue weighted by molar-refractivity contribution is 5.95. The molecule has 0 atom stereocenters. The van der Waals surface area contributed by atoms with Gasteiger partial charge in [-0.25, -0.2) is 5.43 Å². The van der Waals surface area contributed by atoms with Gasteiger partial charge in [-0.2, -0.15) is 10.2 Å². The third-order valence-electron chi connectivity index (χ3n) is 3.20. The van der Waals surface area contributed by atoms with Crippen LogP contribution in [0.5, 0.6) is 0 Å². The lowest BCUT2D eigenvalue weighted by molar-refractivity contribution is -0.115. The number of nitrogens with two attached hydrogens (primary N) is 5. The number of benzene rings is 2. The van der Waals surface area contributed by atoms with E-state index in [1.807, 2.05) is 24.3 Å². The normalized spacial score (nSPS) is 11.8. The summed E-state index contributed by atoms with van der Waals surface area (Å²) in [5, 5.41) is 22.8. The minimum Gasteiger partial charge on any atom is -0.367 e. The molecule has 2 aromatic carbocycles. The molecule has 0 aliphatic rings. The third-order valence-corrected chi connectivity index (χ3v) is 3.20. The maximum Gasteiger partial charge on any atom is 0.270 e. The predicted octanol–water partition coefficient (Wildman–Crippen LogP) is -3.11. The van der Waals surface area contributed by atoms with Crippen molar-refractivity contribution < 1.29 is 10.8 Å². The zero-order valence-corrected chi connectivity index (χ0v) is 14.0. The van der Waals surface area contributed by atoms with E-state index in [0.717, 1.165) is 16.7 Å². The molecule has 0 amide bonds. The number of guanidine groups is 1. The van der Waals surface area contributed by atoms with Crippen molar-refractivity contribution in [2.75, 3.05) is 0 Å². The fraction of sp³-hybridized carbons (Fsp3) is 0. The number of nitrogens with one attached hydrogen (secondary N) is 1. The molecule has 0 spiro atoms. The van der Waals surface area contributed by atoms with Crippen LogP contribution in [0.25, 0.3) is 0 Å². The molecule has 132 valence electrons. The molecule has 0 fully saturated rings. The van der Waals surface area contributed by atoms with Crippen molar-refractivity contribution in [3.8, 4) is 0 Å². The molecular weight excluding hydrogens is 330 g/mol. The lowest BCUT2D eigenvalue weighted by Gasteiger charge is -1.98. The lowest BCUT2D eigenvalue weighted by atomic mass is 10.1. The smallest absolute Gasteiger partial charge is 0.270 e. The van der Waals surface area contributed by atoms with Crippen LogP contribution in [-0.2, 0) is 0 Å². The number of nitrogens with zero attached hydrogens (tertiary/aromatic N) is 3. The van der Waals surface area contributed by atoms with Gasteiger partial charge in [-0.3, -0.25) is 22.3 Å². The summed E-state index contributed by atoms with van der Waals surface area (Å²) in [5.41, 5.74) is 22.4. The highest BCUT2D eigenvalue weighted by Gasteiger charge is 2.01. The molecule has 2 aromatic rings. The fourth-order valence-electron chi connectivity index (χ4n) is 1.95. The zero-order valence-electron chi connectivity index (χ0n) is 14.0. The first-order valence-electron chi connectivity index (χ1n) is 7.58. The summed E-state index contributed by atoms with van der Waals surface area (Å²) in [4.78, 5) is 0. The molecule has 9 nitrogen and oxygen atoms in total. The molecule has 0 aliphatic heterocycles. The van der Waals surface area contributed by atoms with Crippen LogP contribution in [0.3, 0.4) is 0 Å². The van der Waals surface area contributed by atoms with Crippen molar-refractivity contribution in [2.45, 2.75) is 0 Å². The van der Waals surface area contributed by atoms with Gasteiger partial charge in [0.05, 0.1) is 23.6 Å². The second-order valence-corrected chi connectivity index (χ2v) is 5.26. The minimum atomic E-state index is 0.0274. The van der Waals surface area contributed by atoms with E-state index in [9.17, 15) is 0 Å². The summed E-state index contributed by atoms with van der Waals surface area (Å²) < 4.78 is 0. The van der Waals surface area contributed by atoms with E-state index >= 15 is 0 Å². The molecule has 0 aliphatic carbocycles. The second kappa shape index (κ2) is 8.73. The van der Waals surface area contributed by atoms with Gasteiger partial charge in [-0.05, 0) is 35.4 Å². The second-order valence-electron chi connectivity index (χ2n) is 5.26. The number of hydrazone groups is 1. The third kappa shape index (κ3) is 5.57. The van der Waals surface area contributed by atoms with Crippen LogP contribution in [0.4, 0.5) is 0 Å². The zero-order chi connectivity index (χ0) is 18.9. The lowest BCUT2D eigenvalue weighted by Crippen LogP contribution is -2.46. The molecule has 0 heterocycles. The summed E-state index contributed by atoms with van der Waals surface area (Å²) in [6.45, 7) is 0. The van der Waals surface area contributed by atoms with E-state index < -0.39 is 0 Å². The number of amidine groups is 2. The molecule has 26 heavy (non-hydrogen) atoms. The van der Waals surface area contributed by atoms with E-state index in [4.69, 9.17) is 28.0 Å². The Labute approximate surface area is 150 Å². The Balaban J connectivity index is 1.96. The number of hydrogen-bond donors (Lipinski definition) is 6. The van der Waals surface area contributed by atoms with Crippen molar-refractivity contribution in [3.05, 3.63) is 70.8 Å². The van der Waals surface area contributed by atoms with Gasteiger partial charge in [-0.1, -0.05) is 24.3 Å². The molecule has 0 saturated heterocycles. The van der Waals surface area contributed by atoms with Crippen LogP contribution in [-0.4, -0.2) is 30.1 Å². The van der Waals surface area contributed by atoms with E-state index in [1.165, 1.54) is 6.21 Å². The predicted molar refractivity (Wildman–Crippen MR) is 103 cm³/mol. The molecule has 11 N–H and O–H groups in total. The highest BCUT2D eigenvalue weighted by atomic mass is 15.4. The van der Waals surface area contributed by atoms with Gasteiger partial charge >= 0.3 is 0 Å². The fourth-order valence-corrected chi connectivity index (χ4v) is 1.95. The minimum absolute atomic E-state index is 0.0274. The first-order valence-corrected chi connectivity index (χ1v) is 7.58. The topological polar surface area (TPSA) is 178 Å². The van der Waals surface area contributed by atoms with Gasteiger partial charge in [0.25, 0.3) is 11.7 Å². The maximum atomic E-state index is 5.68. The van der Waals surface area contributed by atoms with Crippen LogP contribution >= 0.6 is 0 Å². The average Bonchev–Trinajstić information content (AvgIpc) is 2.62. The van der Waals surface area contributed by atoms with Crippen molar-refractivity contribution in [2.24, 2.45) is 32.5 Å². The summed E-state index contributed by atoms with van der Waals surface area (Å²) in [5.74, 6) is 0.499. The Morgan fingerprint density at radius 3 is 1.92 bits per heavy atom. The van der Waals surface area contributed by atoms with Crippen LogP contribution in [0.15, 0.2) is 63.8 Å². The summed E-state index contributed by atoms with van der Waals surface area (Å²) >= 11 is 0. The Bertz CT molecular complexity index is 897. The Morgan fingerprint density at radius 2 is 1.38 bits per heavy atom. The first kappa shape index (κ1) is 18.3. The van der Waals surface area contributed by atoms with Gasteiger partial charge in [0, 0.05) is 0 Å². The van der Waals surface area contributed by atoms with Crippen molar-refractivity contribution in [3.63, 3.8) is 0 Å². The standard InChI is InChI=1S/C17H19N9/c18-15(19)13-5-1-3-11(7-13)9-23-25-17(22)26-24-10-12-4-2-6-14(8-12)16(20)21/h1-10H,(H3,18,19)(H3,20,21)(H3,22,25,26)/p+2/b23-9+,24-10+. The van der Waals surface area contributed by atoms with E-state index in [0.29, 0.717) is 5.56 Å². The monoisotopic (exact) mass is 351 g/mol. The van der Waals surface area contributed by atoms with Crippen LogP contribution in [0.1, 0.15) is 22.3 Å². The average molecular weight is 351 g/mol. The van der Waals surface area contributed by atoms with E-state index in [1.54, 1.807) is 30.5 Å². The Kier molecular flexibility index (Phi) is 6.16. The van der Waals surface area contributed by atoms with Gasteiger partial charge < -0.3 is 5.73 Å². The van der Waals surface area contributed by atoms with Crippen molar-refractivity contribution in [1.82, 2.24) is 5.43 Å². The van der Waals surface area contributed by atoms with E-state index in [-0.39, 0.29) is 17.6 Å². The Morgan fingerprint density at radius 1 is 0.846 bits per heavy atom. The maximum absolute atomic E-state index is 5.68. The van der Waals surface area contributed by atoms with Crippen molar-refractivity contribution >= 4 is 30.1 Å². The van der Waals surface area contributed by atoms with Gasteiger partial charge in [0.15, 0.2) is 0 Å². The quantitative estimate of drug-likeness (QED) is 0.183. The molecule has 0 radical (unpaired) electrons. The molecule has 0 unspecified atom stereocenters. The Hall–Kier alpha value is -4.01. The molecule has 9 heteroatoms. The summed E-state index contributed by atoms with van der Waals surface area (Å²) in [7, 11) is 0. The summed E-state index contributed by atoms with van der Waals surface area (Å²) in [6, 6.07) is 14.5.